The second kappa shape index (κ2) is 13.1. The SMILES string of the molecule is CC[C@@H](C)NC(=O)[C@@H](C)N(Cc1ccccc1)C(=O)CN(c1cccc(Br)c1)S(=O)(=O)c1ccc(C)cc1. The van der Waals surface area contributed by atoms with Crippen molar-refractivity contribution in [2.45, 2.75) is 57.6 Å². The van der Waals surface area contributed by atoms with E-state index in [0.717, 1.165) is 21.9 Å². The molecule has 0 aliphatic rings. The maximum Gasteiger partial charge on any atom is 0.264 e. The zero-order valence-corrected chi connectivity index (χ0v) is 24.5. The molecular formula is C29H34BrN3O4S. The number of carbonyl (C=O) groups excluding carboxylic acids is 2. The van der Waals surface area contributed by atoms with Gasteiger partial charge in [0.2, 0.25) is 11.8 Å². The highest BCUT2D eigenvalue weighted by atomic mass is 79.9. The molecule has 0 aliphatic heterocycles. The Morgan fingerprint density at radius 1 is 0.947 bits per heavy atom. The molecule has 2 atom stereocenters. The lowest BCUT2D eigenvalue weighted by Gasteiger charge is -2.32. The largest absolute Gasteiger partial charge is 0.352 e. The summed E-state index contributed by atoms with van der Waals surface area (Å²) in [5.41, 5.74) is 2.09. The Morgan fingerprint density at radius 2 is 1.61 bits per heavy atom. The molecule has 0 heterocycles. The molecule has 202 valence electrons. The van der Waals surface area contributed by atoms with Gasteiger partial charge in [0.25, 0.3) is 10.0 Å². The predicted octanol–water partition coefficient (Wildman–Crippen LogP) is 5.28. The molecule has 0 fully saturated rings. The van der Waals surface area contributed by atoms with Gasteiger partial charge >= 0.3 is 0 Å². The first-order valence-electron chi connectivity index (χ1n) is 12.5. The topological polar surface area (TPSA) is 86.8 Å². The van der Waals surface area contributed by atoms with Crippen molar-refractivity contribution in [2.24, 2.45) is 0 Å². The summed E-state index contributed by atoms with van der Waals surface area (Å²) < 4.78 is 29.4. The Balaban J connectivity index is 2.01. The van der Waals surface area contributed by atoms with Crippen molar-refractivity contribution < 1.29 is 18.0 Å². The molecule has 3 aromatic rings. The van der Waals surface area contributed by atoms with Crippen LogP contribution in [0, 0.1) is 6.92 Å². The molecule has 0 saturated heterocycles. The number of hydrogen-bond acceptors (Lipinski definition) is 4. The molecule has 7 nitrogen and oxygen atoms in total. The molecule has 0 aromatic heterocycles. The van der Waals surface area contributed by atoms with Crippen molar-refractivity contribution in [3.63, 3.8) is 0 Å². The third-order valence-corrected chi connectivity index (χ3v) is 8.63. The monoisotopic (exact) mass is 599 g/mol. The van der Waals surface area contributed by atoms with Gasteiger partial charge in [0.1, 0.15) is 12.6 Å². The third-order valence-electron chi connectivity index (χ3n) is 6.35. The zero-order valence-electron chi connectivity index (χ0n) is 22.1. The molecule has 3 aromatic carbocycles. The zero-order chi connectivity index (χ0) is 27.9. The number of benzene rings is 3. The summed E-state index contributed by atoms with van der Waals surface area (Å²) in [5, 5.41) is 2.93. The average molecular weight is 601 g/mol. The van der Waals surface area contributed by atoms with Crippen LogP contribution in [0.15, 0.2) is 88.2 Å². The second-order valence-corrected chi connectivity index (χ2v) is 12.1. The van der Waals surface area contributed by atoms with Gasteiger partial charge < -0.3 is 10.2 Å². The van der Waals surface area contributed by atoms with Gasteiger partial charge in [0.15, 0.2) is 0 Å². The van der Waals surface area contributed by atoms with E-state index >= 15 is 0 Å². The van der Waals surface area contributed by atoms with Crippen LogP contribution in [0.5, 0.6) is 0 Å². The van der Waals surface area contributed by atoms with Crippen LogP contribution in [0.25, 0.3) is 0 Å². The van der Waals surface area contributed by atoms with E-state index in [1.807, 2.05) is 51.1 Å². The van der Waals surface area contributed by atoms with Crippen molar-refractivity contribution in [1.82, 2.24) is 10.2 Å². The summed E-state index contributed by atoms with van der Waals surface area (Å²) in [5.74, 6) is -0.782. The van der Waals surface area contributed by atoms with E-state index in [9.17, 15) is 18.0 Å². The molecule has 1 N–H and O–H groups in total. The number of aryl methyl sites for hydroxylation is 1. The van der Waals surface area contributed by atoms with E-state index < -0.39 is 28.5 Å². The Labute approximate surface area is 234 Å². The Morgan fingerprint density at radius 3 is 2.21 bits per heavy atom. The minimum absolute atomic E-state index is 0.0568. The summed E-state index contributed by atoms with van der Waals surface area (Å²) >= 11 is 3.40. The Kier molecular flexibility index (Phi) is 10.1. The normalized spacial score (nSPS) is 12.9. The van der Waals surface area contributed by atoms with Gasteiger partial charge in [0, 0.05) is 17.1 Å². The number of halogens is 1. The number of amides is 2. The maximum absolute atomic E-state index is 13.9. The van der Waals surface area contributed by atoms with Gasteiger partial charge in [-0.15, -0.1) is 0 Å². The molecular weight excluding hydrogens is 566 g/mol. The van der Waals surface area contributed by atoms with Crippen molar-refractivity contribution in [2.75, 3.05) is 10.8 Å². The summed E-state index contributed by atoms with van der Waals surface area (Å²) in [6.07, 6.45) is 0.747. The molecule has 0 spiro atoms. The van der Waals surface area contributed by atoms with Crippen molar-refractivity contribution in [3.05, 3.63) is 94.5 Å². The van der Waals surface area contributed by atoms with Gasteiger partial charge in [-0.1, -0.05) is 76.9 Å². The van der Waals surface area contributed by atoms with E-state index in [4.69, 9.17) is 0 Å². The molecule has 2 amide bonds. The summed E-state index contributed by atoms with van der Waals surface area (Å²) in [6, 6.07) is 21.8. The van der Waals surface area contributed by atoms with Crippen LogP contribution in [0.3, 0.4) is 0 Å². The van der Waals surface area contributed by atoms with Crippen LogP contribution in [-0.2, 0) is 26.2 Å². The fourth-order valence-electron chi connectivity index (χ4n) is 3.83. The number of rotatable bonds is 11. The van der Waals surface area contributed by atoms with Crippen LogP contribution in [0.2, 0.25) is 0 Å². The van der Waals surface area contributed by atoms with E-state index in [2.05, 4.69) is 21.2 Å². The number of sulfonamides is 1. The predicted molar refractivity (Wildman–Crippen MR) is 154 cm³/mol. The fourth-order valence-corrected chi connectivity index (χ4v) is 5.62. The summed E-state index contributed by atoms with van der Waals surface area (Å²) in [6.45, 7) is 7.09. The minimum atomic E-state index is -4.09. The third kappa shape index (κ3) is 7.45. The first-order chi connectivity index (χ1) is 18.0. The molecule has 0 bridgehead atoms. The van der Waals surface area contributed by atoms with E-state index in [1.165, 1.54) is 17.0 Å². The average Bonchev–Trinajstić information content (AvgIpc) is 2.90. The maximum atomic E-state index is 13.9. The highest BCUT2D eigenvalue weighted by molar-refractivity contribution is 9.10. The minimum Gasteiger partial charge on any atom is -0.352 e. The lowest BCUT2D eigenvalue weighted by Crippen LogP contribution is -2.52. The van der Waals surface area contributed by atoms with Gasteiger partial charge in [-0.3, -0.25) is 13.9 Å². The number of carbonyl (C=O) groups is 2. The fraction of sp³-hybridized carbons (Fsp3) is 0.310. The lowest BCUT2D eigenvalue weighted by atomic mass is 10.1. The smallest absolute Gasteiger partial charge is 0.264 e. The first-order valence-corrected chi connectivity index (χ1v) is 14.7. The van der Waals surface area contributed by atoms with Crippen molar-refractivity contribution in [1.29, 1.82) is 0 Å². The molecule has 3 rings (SSSR count). The van der Waals surface area contributed by atoms with Gasteiger partial charge in [-0.05, 0) is 63.1 Å². The molecule has 0 unspecified atom stereocenters. The molecule has 9 heteroatoms. The summed E-state index contributed by atoms with van der Waals surface area (Å²) in [4.78, 5) is 28.4. The van der Waals surface area contributed by atoms with Gasteiger partial charge in [-0.25, -0.2) is 8.42 Å². The van der Waals surface area contributed by atoms with Gasteiger partial charge in [0.05, 0.1) is 10.6 Å². The van der Waals surface area contributed by atoms with Crippen LogP contribution >= 0.6 is 15.9 Å². The van der Waals surface area contributed by atoms with E-state index in [0.29, 0.717) is 10.2 Å². The van der Waals surface area contributed by atoms with E-state index in [-0.39, 0.29) is 23.4 Å². The van der Waals surface area contributed by atoms with Crippen molar-refractivity contribution in [3.8, 4) is 0 Å². The molecule has 0 radical (unpaired) electrons. The van der Waals surface area contributed by atoms with E-state index in [1.54, 1.807) is 43.3 Å². The first kappa shape index (κ1) is 29.4. The van der Waals surface area contributed by atoms with Crippen molar-refractivity contribution >= 4 is 43.5 Å². The van der Waals surface area contributed by atoms with Crippen LogP contribution in [0.1, 0.15) is 38.3 Å². The highest BCUT2D eigenvalue weighted by Gasteiger charge is 2.32. The molecule has 0 aliphatic carbocycles. The van der Waals surface area contributed by atoms with Crippen LogP contribution in [-0.4, -0.2) is 43.8 Å². The number of nitrogens with zero attached hydrogens (tertiary/aromatic N) is 2. The molecule has 38 heavy (non-hydrogen) atoms. The van der Waals surface area contributed by atoms with Crippen LogP contribution < -0.4 is 9.62 Å². The number of nitrogens with one attached hydrogen (secondary N) is 1. The quantitative estimate of drug-likeness (QED) is 0.324. The second-order valence-electron chi connectivity index (χ2n) is 9.31. The number of anilines is 1. The standard InChI is InChI=1S/C29H34BrN3O4S/c1-5-22(3)31-29(35)23(4)32(19-24-10-7-6-8-11-24)28(34)20-33(26-13-9-12-25(30)18-26)38(36,37)27-16-14-21(2)15-17-27/h6-18,22-23H,5,19-20H2,1-4H3,(H,31,35)/t22-,23-/m1/s1. The van der Waals surface area contributed by atoms with Gasteiger partial charge in [-0.2, -0.15) is 0 Å². The van der Waals surface area contributed by atoms with Crippen LogP contribution in [0.4, 0.5) is 5.69 Å². The Hall–Kier alpha value is -3.17. The summed E-state index contributed by atoms with van der Waals surface area (Å²) in [7, 11) is -4.09. The molecule has 0 saturated carbocycles. The Bertz CT molecular complexity index is 1350. The number of hydrogen-bond donors (Lipinski definition) is 1. The lowest BCUT2D eigenvalue weighted by molar-refractivity contribution is -0.139. The highest BCUT2D eigenvalue weighted by Crippen LogP contribution is 2.27.